The minimum Gasteiger partial charge on any atom is -0.467 e. The van der Waals surface area contributed by atoms with Gasteiger partial charge in [-0.1, -0.05) is 62.7 Å². The van der Waals surface area contributed by atoms with Crippen LogP contribution in [-0.2, 0) is 21.4 Å². The molecule has 5 heteroatoms. The van der Waals surface area contributed by atoms with Gasteiger partial charge in [-0.15, -0.1) is 0 Å². The molecular weight excluding hydrogens is 350 g/mol. The fraction of sp³-hybridized carbons (Fsp3) is 0.333. The Morgan fingerprint density at radius 1 is 1.08 bits per heavy atom. The maximum absolute atomic E-state index is 12.6. The number of ether oxygens (including phenoxy) is 1. The second-order valence-corrected chi connectivity index (χ2v) is 7.58. The molecule has 1 amide bonds. The van der Waals surface area contributed by atoms with Gasteiger partial charge in [0.25, 0.3) is 5.91 Å². The van der Waals surface area contributed by atoms with Gasteiger partial charge in [-0.2, -0.15) is 0 Å². The molecule has 0 spiro atoms. The summed E-state index contributed by atoms with van der Waals surface area (Å²) in [6.07, 6.45) is 0.262. The Labute approximate surface area is 159 Å². The van der Waals surface area contributed by atoms with Crippen LogP contribution in [0.25, 0.3) is 0 Å². The van der Waals surface area contributed by atoms with Crippen molar-refractivity contribution in [3.8, 4) is 0 Å². The Kier molecular flexibility index (Phi) is 6.43. The predicted molar refractivity (Wildman–Crippen MR) is 104 cm³/mol. The van der Waals surface area contributed by atoms with E-state index >= 15 is 0 Å². The molecule has 26 heavy (non-hydrogen) atoms. The second-order valence-electron chi connectivity index (χ2n) is 7.17. The zero-order valence-corrected chi connectivity index (χ0v) is 16.3. The van der Waals surface area contributed by atoms with E-state index in [1.165, 1.54) is 7.11 Å². The van der Waals surface area contributed by atoms with E-state index in [-0.39, 0.29) is 17.7 Å². The van der Waals surface area contributed by atoms with Crippen molar-refractivity contribution in [2.45, 2.75) is 38.6 Å². The van der Waals surface area contributed by atoms with Crippen LogP contribution in [-0.4, -0.2) is 25.0 Å². The largest absolute Gasteiger partial charge is 0.467 e. The summed E-state index contributed by atoms with van der Waals surface area (Å²) in [5, 5.41) is 3.29. The molecular formula is C21H24ClNO3. The third-order valence-electron chi connectivity index (χ3n) is 4.19. The molecule has 0 bridgehead atoms. The van der Waals surface area contributed by atoms with Crippen molar-refractivity contribution in [2.75, 3.05) is 7.11 Å². The molecule has 2 aromatic rings. The van der Waals surface area contributed by atoms with E-state index in [9.17, 15) is 9.59 Å². The summed E-state index contributed by atoms with van der Waals surface area (Å²) in [5.41, 5.74) is 2.40. The zero-order chi connectivity index (χ0) is 19.3. The zero-order valence-electron chi connectivity index (χ0n) is 15.5. The SMILES string of the molecule is COC(=O)[C@@H](Cc1ccccc1Cl)NC(=O)c1ccc(C(C)(C)C)cc1. The number of hydrogen-bond donors (Lipinski definition) is 1. The third-order valence-corrected chi connectivity index (χ3v) is 4.55. The molecule has 0 saturated heterocycles. The van der Waals surface area contributed by atoms with Gasteiger partial charge in [-0.05, 0) is 34.7 Å². The van der Waals surface area contributed by atoms with E-state index in [1.807, 2.05) is 30.3 Å². The Morgan fingerprint density at radius 2 is 1.69 bits per heavy atom. The molecule has 0 fully saturated rings. The minimum atomic E-state index is -0.810. The highest BCUT2D eigenvalue weighted by Gasteiger charge is 2.24. The first-order valence-electron chi connectivity index (χ1n) is 8.45. The van der Waals surface area contributed by atoms with Crippen LogP contribution in [0.3, 0.4) is 0 Å². The molecule has 0 aliphatic carbocycles. The highest BCUT2D eigenvalue weighted by atomic mass is 35.5. The standard InChI is InChI=1S/C21H24ClNO3/c1-21(2,3)16-11-9-14(10-12-16)19(24)23-18(20(25)26-4)13-15-7-5-6-8-17(15)22/h5-12,18H,13H2,1-4H3,(H,23,24)/t18-/m1/s1. The van der Waals surface area contributed by atoms with Crippen LogP contribution in [0.5, 0.6) is 0 Å². The summed E-state index contributed by atoms with van der Waals surface area (Å²) in [4.78, 5) is 24.7. The molecule has 0 aromatic heterocycles. The van der Waals surface area contributed by atoms with Gasteiger partial charge in [0.15, 0.2) is 0 Å². The first-order valence-corrected chi connectivity index (χ1v) is 8.83. The third kappa shape index (κ3) is 5.09. The molecule has 2 aromatic carbocycles. The van der Waals surface area contributed by atoms with E-state index in [0.717, 1.165) is 11.1 Å². The van der Waals surface area contributed by atoms with Crippen molar-refractivity contribution in [1.82, 2.24) is 5.32 Å². The summed E-state index contributed by atoms with van der Waals surface area (Å²) in [5.74, 6) is -0.836. The predicted octanol–water partition coefficient (Wildman–Crippen LogP) is 4.15. The maximum atomic E-state index is 12.6. The number of benzene rings is 2. The number of rotatable bonds is 5. The normalized spacial score (nSPS) is 12.3. The topological polar surface area (TPSA) is 55.4 Å². The van der Waals surface area contributed by atoms with E-state index < -0.39 is 12.0 Å². The number of methoxy groups -OCH3 is 1. The lowest BCUT2D eigenvalue weighted by Crippen LogP contribution is -2.43. The molecule has 4 nitrogen and oxygen atoms in total. The van der Waals surface area contributed by atoms with Gasteiger partial charge in [0.05, 0.1) is 7.11 Å². The van der Waals surface area contributed by atoms with Crippen molar-refractivity contribution in [3.05, 3.63) is 70.2 Å². The van der Waals surface area contributed by atoms with E-state index in [1.54, 1.807) is 18.2 Å². The lowest BCUT2D eigenvalue weighted by molar-refractivity contribution is -0.142. The number of amides is 1. The van der Waals surface area contributed by atoms with Crippen LogP contribution in [0.15, 0.2) is 48.5 Å². The van der Waals surface area contributed by atoms with Crippen LogP contribution < -0.4 is 5.32 Å². The fourth-order valence-electron chi connectivity index (χ4n) is 2.58. The van der Waals surface area contributed by atoms with E-state index in [0.29, 0.717) is 10.6 Å². The average molecular weight is 374 g/mol. The van der Waals surface area contributed by atoms with Crippen molar-refractivity contribution in [3.63, 3.8) is 0 Å². The van der Waals surface area contributed by atoms with E-state index in [4.69, 9.17) is 16.3 Å². The van der Waals surface area contributed by atoms with Crippen LogP contribution in [0.2, 0.25) is 5.02 Å². The first kappa shape index (κ1) is 20.0. The number of carbonyl (C=O) groups is 2. The number of nitrogens with one attached hydrogen (secondary N) is 1. The van der Waals surface area contributed by atoms with Crippen LogP contribution >= 0.6 is 11.6 Å². The Bertz CT molecular complexity index is 779. The quantitative estimate of drug-likeness (QED) is 0.801. The van der Waals surface area contributed by atoms with Crippen molar-refractivity contribution in [2.24, 2.45) is 0 Å². The Hall–Kier alpha value is -2.33. The van der Waals surface area contributed by atoms with Gasteiger partial charge in [0.2, 0.25) is 0 Å². The maximum Gasteiger partial charge on any atom is 0.328 e. The highest BCUT2D eigenvalue weighted by molar-refractivity contribution is 6.31. The summed E-state index contributed by atoms with van der Waals surface area (Å²) in [6, 6.07) is 13.8. The molecule has 1 atom stereocenters. The Morgan fingerprint density at radius 3 is 2.23 bits per heavy atom. The number of esters is 1. The van der Waals surface area contributed by atoms with E-state index in [2.05, 4.69) is 26.1 Å². The fourth-order valence-corrected chi connectivity index (χ4v) is 2.80. The lowest BCUT2D eigenvalue weighted by Gasteiger charge is -2.20. The number of carbonyl (C=O) groups excluding carboxylic acids is 2. The molecule has 0 saturated carbocycles. The average Bonchev–Trinajstić information content (AvgIpc) is 2.61. The molecule has 0 heterocycles. The molecule has 2 rings (SSSR count). The number of halogens is 1. The van der Waals surface area contributed by atoms with Gasteiger partial charge in [-0.25, -0.2) is 4.79 Å². The van der Waals surface area contributed by atoms with Crippen molar-refractivity contribution < 1.29 is 14.3 Å². The number of hydrogen-bond acceptors (Lipinski definition) is 3. The van der Waals surface area contributed by atoms with Gasteiger partial charge < -0.3 is 10.1 Å². The summed E-state index contributed by atoms with van der Waals surface area (Å²) in [6.45, 7) is 6.33. The van der Waals surface area contributed by atoms with Gasteiger partial charge in [-0.3, -0.25) is 4.79 Å². The van der Waals surface area contributed by atoms with Crippen molar-refractivity contribution in [1.29, 1.82) is 0 Å². The lowest BCUT2D eigenvalue weighted by atomic mass is 9.86. The molecule has 0 aliphatic heterocycles. The van der Waals surface area contributed by atoms with Gasteiger partial charge in [0.1, 0.15) is 6.04 Å². The minimum absolute atomic E-state index is 0.00756. The molecule has 0 aliphatic rings. The first-order chi connectivity index (χ1) is 12.2. The molecule has 0 unspecified atom stereocenters. The second kappa shape index (κ2) is 8.37. The van der Waals surface area contributed by atoms with Gasteiger partial charge >= 0.3 is 5.97 Å². The molecule has 0 radical (unpaired) electrons. The van der Waals surface area contributed by atoms with Crippen LogP contribution in [0.1, 0.15) is 42.3 Å². The highest BCUT2D eigenvalue weighted by Crippen LogP contribution is 2.22. The summed E-state index contributed by atoms with van der Waals surface area (Å²) >= 11 is 6.17. The van der Waals surface area contributed by atoms with Crippen molar-refractivity contribution >= 4 is 23.5 Å². The van der Waals surface area contributed by atoms with Gasteiger partial charge in [0, 0.05) is 17.0 Å². The van der Waals surface area contributed by atoms with Crippen LogP contribution in [0, 0.1) is 0 Å². The molecule has 138 valence electrons. The van der Waals surface area contributed by atoms with Crippen LogP contribution in [0.4, 0.5) is 0 Å². The summed E-state index contributed by atoms with van der Waals surface area (Å²) < 4.78 is 4.83. The molecule has 1 N–H and O–H groups in total. The Balaban J connectivity index is 2.16. The smallest absolute Gasteiger partial charge is 0.328 e. The monoisotopic (exact) mass is 373 g/mol. The summed E-state index contributed by atoms with van der Waals surface area (Å²) in [7, 11) is 1.30.